The van der Waals surface area contributed by atoms with Crippen LogP contribution in [0.4, 0.5) is 10.2 Å². The maximum absolute atomic E-state index is 15.3. The van der Waals surface area contributed by atoms with Crippen molar-refractivity contribution in [2.75, 3.05) is 5.32 Å². The number of aryl methyl sites for hydroxylation is 3. The summed E-state index contributed by atoms with van der Waals surface area (Å²) in [6.07, 6.45) is 12.8. The quantitative estimate of drug-likeness (QED) is 0.293. The average Bonchev–Trinajstić information content (AvgIpc) is 3.55. The molecule has 2 aliphatic carbocycles. The van der Waals surface area contributed by atoms with Crippen molar-refractivity contribution in [3.8, 4) is 11.1 Å². The van der Waals surface area contributed by atoms with Gasteiger partial charge in [-0.3, -0.25) is 14.3 Å². The second kappa shape index (κ2) is 12.5. The van der Waals surface area contributed by atoms with Crippen molar-refractivity contribution in [3.63, 3.8) is 0 Å². The first kappa shape index (κ1) is 29.0. The Balaban J connectivity index is 1.55. The molecule has 0 aromatic carbocycles. The zero-order valence-electron chi connectivity index (χ0n) is 24.3. The molecule has 3 N–H and O–H groups in total. The summed E-state index contributed by atoms with van der Waals surface area (Å²) in [6.45, 7) is 5.82. The third kappa shape index (κ3) is 5.92. The second-order valence-electron chi connectivity index (χ2n) is 11.7. The number of anilines is 1. The highest BCUT2D eigenvalue weighted by Crippen LogP contribution is 2.48. The number of hydrogen-bond acceptors (Lipinski definition) is 6. The molecule has 1 atom stereocenters. The van der Waals surface area contributed by atoms with Gasteiger partial charge < -0.3 is 15.6 Å². The predicted molar refractivity (Wildman–Crippen MR) is 154 cm³/mol. The van der Waals surface area contributed by atoms with Crippen LogP contribution in [-0.2, 0) is 11.3 Å². The van der Waals surface area contributed by atoms with E-state index in [2.05, 4.69) is 20.6 Å². The Morgan fingerprint density at radius 2 is 1.71 bits per heavy atom. The molecular weight excluding hydrogens is 523 g/mol. The molecule has 2 aliphatic rings. The van der Waals surface area contributed by atoms with E-state index in [9.17, 15) is 9.59 Å². The van der Waals surface area contributed by atoms with Gasteiger partial charge in [-0.15, -0.1) is 0 Å². The largest absolute Gasteiger partial charge is 0.364 e. The highest BCUT2D eigenvalue weighted by atomic mass is 19.1. The number of primary amides is 1. The van der Waals surface area contributed by atoms with Crippen LogP contribution in [0.25, 0.3) is 11.1 Å². The SMILES string of the molecule is CCn1ncc(C(C(=O)Nc2ccc(-c3c(C)noc3C)c(F)n2)C(C2CCCCC2)C2CCCCC2)c1C(N)=O. The Bertz CT molecular complexity index is 1350. The summed E-state index contributed by atoms with van der Waals surface area (Å²) < 4.78 is 22.1. The van der Waals surface area contributed by atoms with E-state index in [0.717, 1.165) is 51.4 Å². The Kier molecular flexibility index (Phi) is 8.85. The fraction of sp³-hybridized carbons (Fsp3) is 0.581. The number of carbonyl (C=O) groups is 2. The number of hydrogen-bond donors (Lipinski definition) is 2. The molecule has 0 spiro atoms. The van der Waals surface area contributed by atoms with E-state index in [4.69, 9.17) is 10.3 Å². The number of carbonyl (C=O) groups excluding carboxylic acids is 2. The first-order valence-corrected chi connectivity index (χ1v) is 15.1. The zero-order valence-corrected chi connectivity index (χ0v) is 24.3. The molecule has 3 aromatic rings. The van der Waals surface area contributed by atoms with Gasteiger partial charge in [0.2, 0.25) is 11.9 Å². The van der Waals surface area contributed by atoms with E-state index in [1.165, 1.54) is 12.8 Å². The Labute approximate surface area is 240 Å². The minimum Gasteiger partial charge on any atom is -0.364 e. The molecule has 3 heterocycles. The summed E-state index contributed by atoms with van der Waals surface area (Å²) in [4.78, 5) is 31.2. The lowest BCUT2D eigenvalue weighted by Gasteiger charge is -2.41. The number of aromatic nitrogens is 4. The van der Waals surface area contributed by atoms with E-state index < -0.39 is 17.8 Å². The number of amides is 2. The molecule has 0 saturated heterocycles. The van der Waals surface area contributed by atoms with Crippen LogP contribution in [-0.4, -0.2) is 31.7 Å². The van der Waals surface area contributed by atoms with E-state index in [1.807, 2.05) is 6.92 Å². The molecular formula is C31H41FN6O3. The molecule has 2 saturated carbocycles. The van der Waals surface area contributed by atoms with E-state index in [-0.39, 0.29) is 28.9 Å². The maximum atomic E-state index is 15.3. The van der Waals surface area contributed by atoms with Crippen molar-refractivity contribution in [1.29, 1.82) is 0 Å². The lowest BCUT2D eigenvalue weighted by Crippen LogP contribution is -2.39. The third-order valence-electron chi connectivity index (χ3n) is 9.19. The first-order chi connectivity index (χ1) is 19.8. The van der Waals surface area contributed by atoms with Crippen LogP contribution in [0.2, 0.25) is 0 Å². The molecule has 2 fully saturated rings. The van der Waals surface area contributed by atoms with Gasteiger partial charge in [0.1, 0.15) is 17.3 Å². The lowest BCUT2D eigenvalue weighted by atomic mass is 9.63. The highest BCUT2D eigenvalue weighted by molar-refractivity contribution is 5.99. The van der Waals surface area contributed by atoms with Crippen LogP contribution < -0.4 is 11.1 Å². The van der Waals surface area contributed by atoms with Crippen molar-refractivity contribution in [3.05, 3.63) is 47.0 Å². The van der Waals surface area contributed by atoms with Gasteiger partial charge in [0.05, 0.1) is 23.4 Å². The zero-order chi connectivity index (χ0) is 29.1. The lowest BCUT2D eigenvalue weighted by molar-refractivity contribution is -0.120. The van der Waals surface area contributed by atoms with E-state index in [1.54, 1.807) is 36.9 Å². The van der Waals surface area contributed by atoms with Crippen LogP contribution in [0.1, 0.15) is 105 Å². The molecule has 0 bridgehead atoms. The number of nitrogens with two attached hydrogens (primary N) is 1. The monoisotopic (exact) mass is 564 g/mol. The summed E-state index contributed by atoms with van der Waals surface area (Å²) in [5, 5.41) is 11.3. The highest BCUT2D eigenvalue weighted by Gasteiger charge is 2.43. The Morgan fingerprint density at radius 3 is 2.22 bits per heavy atom. The van der Waals surface area contributed by atoms with Gasteiger partial charge in [-0.25, -0.2) is 4.98 Å². The van der Waals surface area contributed by atoms with Crippen molar-refractivity contribution >= 4 is 17.6 Å². The van der Waals surface area contributed by atoms with Crippen LogP contribution in [0.5, 0.6) is 0 Å². The topological polar surface area (TPSA) is 129 Å². The van der Waals surface area contributed by atoms with Crippen molar-refractivity contribution in [1.82, 2.24) is 19.9 Å². The van der Waals surface area contributed by atoms with Gasteiger partial charge in [0.25, 0.3) is 5.91 Å². The molecule has 5 rings (SSSR count). The van der Waals surface area contributed by atoms with Gasteiger partial charge in [-0.2, -0.15) is 9.49 Å². The van der Waals surface area contributed by atoms with E-state index >= 15 is 4.39 Å². The summed E-state index contributed by atoms with van der Waals surface area (Å²) in [5.74, 6) is -0.957. The van der Waals surface area contributed by atoms with Crippen LogP contribution >= 0.6 is 0 Å². The minimum atomic E-state index is -0.721. The summed E-state index contributed by atoms with van der Waals surface area (Å²) in [5.41, 5.74) is 8.10. The van der Waals surface area contributed by atoms with Gasteiger partial charge in [0.15, 0.2) is 0 Å². The molecule has 2 amide bonds. The number of pyridine rings is 1. The fourth-order valence-corrected chi connectivity index (χ4v) is 7.39. The van der Waals surface area contributed by atoms with Crippen molar-refractivity contribution < 1.29 is 18.5 Å². The van der Waals surface area contributed by atoms with Gasteiger partial charge in [-0.1, -0.05) is 69.4 Å². The van der Waals surface area contributed by atoms with Crippen LogP contribution in [0, 0.1) is 37.5 Å². The smallest absolute Gasteiger partial charge is 0.267 e. The number of nitrogens with one attached hydrogen (secondary N) is 1. The average molecular weight is 565 g/mol. The third-order valence-corrected chi connectivity index (χ3v) is 9.19. The number of nitrogens with zero attached hydrogens (tertiary/aromatic N) is 4. The Hall–Kier alpha value is -3.56. The van der Waals surface area contributed by atoms with Crippen LogP contribution in [0.3, 0.4) is 0 Å². The molecule has 10 heteroatoms. The molecule has 0 aliphatic heterocycles. The van der Waals surface area contributed by atoms with Crippen molar-refractivity contribution in [2.24, 2.45) is 23.5 Å². The normalized spacial score (nSPS) is 17.6. The Morgan fingerprint density at radius 1 is 1.07 bits per heavy atom. The van der Waals surface area contributed by atoms with Gasteiger partial charge in [0, 0.05) is 17.7 Å². The number of rotatable bonds is 9. The standard InChI is InChI=1S/C31H41FN6O3/c1-4-38-28(30(33)39)23(17-34-38)27(26(20-11-7-5-8-12-20)21-13-9-6-10-14-21)31(40)36-24-16-15-22(29(32)35-24)25-18(2)37-41-19(25)3/h15-17,20-21,26-27H,4-14H2,1-3H3,(H2,33,39)(H,35,36,40). The van der Waals surface area contributed by atoms with Gasteiger partial charge >= 0.3 is 0 Å². The molecule has 0 radical (unpaired) electrons. The number of halogens is 1. The van der Waals surface area contributed by atoms with Crippen molar-refractivity contribution in [2.45, 2.75) is 97.4 Å². The molecule has 1 unspecified atom stereocenters. The molecule has 220 valence electrons. The second-order valence-corrected chi connectivity index (χ2v) is 11.7. The maximum Gasteiger partial charge on any atom is 0.267 e. The molecule has 9 nitrogen and oxygen atoms in total. The summed E-state index contributed by atoms with van der Waals surface area (Å²) >= 11 is 0. The first-order valence-electron chi connectivity index (χ1n) is 15.1. The molecule has 3 aromatic heterocycles. The van der Waals surface area contributed by atoms with Gasteiger partial charge in [-0.05, 0) is 50.7 Å². The molecule has 41 heavy (non-hydrogen) atoms. The minimum absolute atomic E-state index is 0.0228. The van der Waals surface area contributed by atoms with Crippen LogP contribution in [0.15, 0.2) is 22.9 Å². The summed E-state index contributed by atoms with van der Waals surface area (Å²) in [6, 6.07) is 3.18. The fourth-order valence-electron chi connectivity index (χ4n) is 7.39. The summed E-state index contributed by atoms with van der Waals surface area (Å²) in [7, 11) is 0. The predicted octanol–water partition coefficient (Wildman–Crippen LogP) is 6.31. The van der Waals surface area contributed by atoms with E-state index in [0.29, 0.717) is 41.0 Å².